The molecular formula is C16H24ClN3O2. The van der Waals surface area contributed by atoms with Gasteiger partial charge in [-0.2, -0.15) is 0 Å². The van der Waals surface area contributed by atoms with Crippen molar-refractivity contribution in [1.82, 2.24) is 15.2 Å². The van der Waals surface area contributed by atoms with Crippen LogP contribution in [0.3, 0.4) is 0 Å². The molecule has 2 heterocycles. The van der Waals surface area contributed by atoms with Gasteiger partial charge in [0.15, 0.2) is 0 Å². The summed E-state index contributed by atoms with van der Waals surface area (Å²) in [5.41, 5.74) is 0.479. The van der Waals surface area contributed by atoms with Crippen molar-refractivity contribution in [3.05, 3.63) is 29.0 Å². The Balaban J connectivity index is 1.63. The molecule has 1 aromatic rings. The van der Waals surface area contributed by atoms with Gasteiger partial charge in [-0.1, -0.05) is 11.6 Å². The van der Waals surface area contributed by atoms with Crippen LogP contribution in [0.4, 0.5) is 0 Å². The molecule has 1 saturated heterocycles. The van der Waals surface area contributed by atoms with Crippen LogP contribution < -0.4 is 5.32 Å². The smallest absolute Gasteiger partial charge is 0.252 e. The number of hydrogen-bond donors (Lipinski definition) is 1. The summed E-state index contributed by atoms with van der Waals surface area (Å²) in [6.07, 6.45) is 5.67. The molecular weight excluding hydrogens is 302 g/mol. The van der Waals surface area contributed by atoms with Crippen molar-refractivity contribution in [1.29, 1.82) is 0 Å². The number of ether oxygens (including phenoxy) is 1. The van der Waals surface area contributed by atoms with Crippen LogP contribution in [0.2, 0.25) is 5.02 Å². The van der Waals surface area contributed by atoms with Gasteiger partial charge in [0.05, 0.1) is 22.8 Å². The number of carbonyl (C=O) groups is 1. The number of carbonyl (C=O) groups excluding carboxylic acids is 1. The third-order valence-corrected chi connectivity index (χ3v) is 4.00. The van der Waals surface area contributed by atoms with Gasteiger partial charge in [0.1, 0.15) is 0 Å². The minimum absolute atomic E-state index is 0.138. The van der Waals surface area contributed by atoms with Crippen LogP contribution in [0.25, 0.3) is 0 Å². The van der Waals surface area contributed by atoms with E-state index < -0.39 is 0 Å². The summed E-state index contributed by atoms with van der Waals surface area (Å²) in [6, 6.07) is 1.63. The van der Waals surface area contributed by atoms with E-state index in [4.69, 9.17) is 16.3 Å². The van der Waals surface area contributed by atoms with E-state index in [2.05, 4.69) is 29.0 Å². The third-order valence-electron chi connectivity index (χ3n) is 3.70. The van der Waals surface area contributed by atoms with Gasteiger partial charge in [0.2, 0.25) is 0 Å². The molecule has 1 aliphatic heterocycles. The molecule has 1 amide bonds. The van der Waals surface area contributed by atoms with Gasteiger partial charge < -0.3 is 10.1 Å². The Morgan fingerprint density at radius 2 is 2.14 bits per heavy atom. The Morgan fingerprint density at radius 1 is 1.41 bits per heavy atom. The van der Waals surface area contributed by atoms with Gasteiger partial charge in [0, 0.05) is 32.0 Å². The molecule has 122 valence electrons. The largest absolute Gasteiger partial charge is 0.373 e. The van der Waals surface area contributed by atoms with Gasteiger partial charge in [0.25, 0.3) is 5.91 Å². The highest BCUT2D eigenvalue weighted by molar-refractivity contribution is 6.33. The molecule has 1 aromatic heterocycles. The summed E-state index contributed by atoms with van der Waals surface area (Å²) >= 11 is 5.95. The maximum atomic E-state index is 12.0. The normalized spacial score (nSPS) is 22.5. The van der Waals surface area contributed by atoms with Crippen molar-refractivity contribution in [3.8, 4) is 0 Å². The minimum atomic E-state index is -0.138. The summed E-state index contributed by atoms with van der Waals surface area (Å²) in [5.74, 6) is -0.138. The number of halogens is 1. The molecule has 6 heteroatoms. The van der Waals surface area contributed by atoms with Crippen LogP contribution in [0.15, 0.2) is 18.5 Å². The van der Waals surface area contributed by atoms with E-state index >= 15 is 0 Å². The van der Waals surface area contributed by atoms with Crippen LogP contribution in [0.5, 0.6) is 0 Å². The Labute approximate surface area is 137 Å². The second-order valence-electron chi connectivity index (χ2n) is 5.84. The van der Waals surface area contributed by atoms with Crippen molar-refractivity contribution in [3.63, 3.8) is 0 Å². The Hall–Kier alpha value is -1.17. The second-order valence-corrected chi connectivity index (χ2v) is 6.24. The van der Waals surface area contributed by atoms with Gasteiger partial charge in [-0.05, 0) is 39.3 Å². The number of nitrogens with one attached hydrogen (secondary N) is 1. The molecule has 0 unspecified atom stereocenters. The van der Waals surface area contributed by atoms with E-state index in [-0.39, 0.29) is 5.91 Å². The minimum Gasteiger partial charge on any atom is -0.373 e. The number of unbranched alkanes of at least 4 members (excludes halogenated alkanes) is 1. The first-order valence-electron chi connectivity index (χ1n) is 7.82. The molecule has 5 nitrogen and oxygen atoms in total. The number of rotatable bonds is 6. The van der Waals surface area contributed by atoms with Crippen LogP contribution >= 0.6 is 11.6 Å². The monoisotopic (exact) mass is 325 g/mol. The maximum absolute atomic E-state index is 12.0. The first-order valence-corrected chi connectivity index (χ1v) is 8.19. The number of hydrogen-bond acceptors (Lipinski definition) is 4. The Bertz CT molecular complexity index is 488. The third kappa shape index (κ3) is 5.23. The van der Waals surface area contributed by atoms with Gasteiger partial charge in [-0.25, -0.2) is 0 Å². The first-order chi connectivity index (χ1) is 10.6. The van der Waals surface area contributed by atoms with Crippen LogP contribution in [-0.4, -0.2) is 54.2 Å². The molecule has 1 aliphatic rings. The van der Waals surface area contributed by atoms with Crippen molar-refractivity contribution >= 4 is 17.5 Å². The zero-order valence-electron chi connectivity index (χ0n) is 13.2. The highest BCUT2D eigenvalue weighted by atomic mass is 35.5. The molecule has 0 aliphatic carbocycles. The lowest BCUT2D eigenvalue weighted by atomic mass is 10.2. The van der Waals surface area contributed by atoms with Crippen molar-refractivity contribution in [2.75, 3.05) is 26.2 Å². The molecule has 22 heavy (non-hydrogen) atoms. The Kier molecular flexibility index (Phi) is 6.61. The van der Waals surface area contributed by atoms with Gasteiger partial charge in [-0.3, -0.25) is 14.7 Å². The predicted molar refractivity (Wildman–Crippen MR) is 87.3 cm³/mol. The number of aromatic nitrogens is 1. The number of amides is 1. The fourth-order valence-corrected chi connectivity index (χ4v) is 2.99. The van der Waals surface area contributed by atoms with Crippen LogP contribution in [0.1, 0.15) is 37.0 Å². The lowest BCUT2D eigenvalue weighted by Gasteiger charge is -2.35. The van der Waals surface area contributed by atoms with Gasteiger partial charge >= 0.3 is 0 Å². The summed E-state index contributed by atoms with van der Waals surface area (Å²) in [6.45, 7) is 7.91. The van der Waals surface area contributed by atoms with Crippen molar-refractivity contribution in [2.45, 2.75) is 38.9 Å². The summed E-state index contributed by atoms with van der Waals surface area (Å²) in [4.78, 5) is 18.3. The zero-order valence-corrected chi connectivity index (χ0v) is 14.0. The van der Waals surface area contributed by atoms with E-state index in [1.54, 1.807) is 12.3 Å². The molecule has 1 N–H and O–H groups in total. The van der Waals surface area contributed by atoms with E-state index in [0.29, 0.717) is 29.3 Å². The molecule has 0 spiro atoms. The molecule has 0 saturated carbocycles. The highest BCUT2D eigenvalue weighted by Gasteiger charge is 2.21. The number of nitrogens with zero attached hydrogens (tertiary/aromatic N) is 2. The molecule has 1 fully saturated rings. The van der Waals surface area contributed by atoms with E-state index in [9.17, 15) is 4.79 Å². The summed E-state index contributed by atoms with van der Waals surface area (Å²) in [7, 11) is 0. The molecule has 0 aromatic carbocycles. The second kappa shape index (κ2) is 8.46. The lowest BCUT2D eigenvalue weighted by molar-refractivity contribution is -0.0681. The average Bonchev–Trinajstić information content (AvgIpc) is 2.46. The lowest BCUT2D eigenvalue weighted by Crippen LogP contribution is -2.45. The quantitative estimate of drug-likeness (QED) is 0.816. The number of morpholine rings is 1. The van der Waals surface area contributed by atoms with Crippen molar-refractivity contribution < 1.29 is 9.53 Å². The highest BCUT2D eigenvalue weighted by Crippen LogP contribution is 2.13. The first kappa shape index (κ1) is 17.2. The maximum Gasteiger partial charge on any atom is 0.252 e. The molecule has 0 bridgehead atoms. The topological polar surface area (TPSA) is 54.5 Å². The summed E-state index contributed by atoms with van der Waals surface area (Å²) in [5, 5.41) is 3.29. The summed E-state index contributed by atoms with van der Waals surface area (Å²) < 4.78 is 5.72. The van der Waals surface area contributed by atoms with E-state index in [0.717, 1.165) is 32.5 Å². The van der Waals surface area contributed by atoms with Gasteiger partial charge in [-0.15, -0.1) is 0 Å². The molecule has 2 rings (SSSR count). The van der Waals surface area contributed by atoms with Crippen LogP contribution in [0, 0.1) is 0 Å². The number of pyridine rings is 1. The zero-order chi connectivity index (χ0) is 15.9. The average molecular weight is 326 g/mol. The molecule has 0 radical (unpaired) electrons. The van der Waals surface area contributed by atoms with E-state index in [1.807, 2.05) is 0 Å². The predicted octanol–water partition coefficient (Wildman–Crippen LogP) is 2.35. The standard InChI is InChI=1S/C16H24ClN3O2/c1-12-10-20(11-13(2)22-12)8-4-3-6-19-16(21)14-5-7-18-9-15(14)17/h5,7,9,12-13H,3-4,6,8,10-11H2,1-2H3,(H,19,21)/t12-,13-/m0/s1. The van der Waals surface area contributed by atoms with Crippen LogP contribution in [-0.2, 0) is 4.74 Å². The Morgan fingerprint density at radius 3 is 2.82 bits per heavy atom. The van der Waals surface area contributed by atoms with E-state index in [1.165, 1.54) is 6.20 Å². The fourth-order valence-electron chi connectivity index (χ4n) is 2.78. The molecule has 2 atom stereocenters. The fraction of sp³-hybridized carbons (Fsp3) is 0.625. The van der Waals surface area contributed by atoms with Crippen molar-refractivity contribution in [2.24, 2.45) is 0 Å². The SMILES string of the molecule is C[C@H]1CN(CCCCNC(=O)c2ccncc2Cl)C[C@H](C)O1.